The summed E-state index contributed by atoms with van der Waals surface area (Å²) in [6, 6.07) is 6.52. The largest absolute Gasteiger partial charge is 0.318 e. The van der Waals surface area contributed by atoms with Crippen LogP contribution in [0.2, 0.25) is 0 Å². The highest BCUT2D eigenvalue weighted by Gasteiger charge is 2.26. The van der Waals surface area contributed by atoms with E-state index in [-0.39, 0.29) is 11.0 Å². The molecule has 0 bridgehead atoms. The standard InChI is InChI=1S/C16H27BrN2/c1-12-7-8-13(17)9-14(12)15(2,3)10-19-16(4,5)11-18-6/h7-9,18-19H,10-11H2,1-6H3. The first-order chi connectivity index (χ1) is 8.68. The van der Waals surface area contributed by atoms with Gasteiger partial charge in [0, 0.05) is 28.5 Å². The Morgan fingerprint density at radius 2 is 1.74 bits per heavy atom. The quantitative estimate of drug-likeness (QED) is 0.834. The lowest BCUT2D eigenvalue weighted by Gasteiger charge is -2.34. The van der Waals surface area contributed by atoms with Crippen molar-refractivity contribution >= 4 is 15.9 Å². The molecular formula is C16H27BrN2. The molecule has 3 heteroatoms. The second kappa shape index (κ2) is 6.38. The number of hydrogen-bond donors (Lipinski definition) is 2. The number of halogens is 1. The molecule has 0 saturated carbocycles. The van der Waals surface area contributed by atoms with Crippen molar-refractivity contribution in [1.29, 1.82) is 0 Å². The molecule has 0 fully saturated rings. The number of likely N-dealkylation sites (N-methyl/N-ethyl adjacent to an activating group) is 1. The smallest absolute Gasteiger partial charge is 0.0249 e. The topological polar surface area (TPSA) is 24.1 Å². The Balaban J connectivity index is 2.83. The van der Waals surface area contributed by atoms with Crippen LogP contribution in [0.5, 0.6) is 0 Å². The van der Waals surface area contributed by atoms with Gasteiger partial charge in [0.1, 0.15) is 0 Å². The van der Waals surface area contributed by atoms with Crippen molar-refractivity contribution in [3.63, 3.8) is 0 Å². The van der Waals surface area contributed by atoms with Gasteiger partial charge in [-0.25, -0.2) is 0 Å². The van der Waals surface area contributed by atoms with Crippen LogP contribution in [0, 0.1) is 6.92 Å². The molecule has 0 saturated heterocycles. The maximum Gasteiger partial charge on any atom is 0.0249 e. The van der Waals surface area contributed by atoms with Gasteiger partial charge in [-0.1, -0.05) is 35.8 Å². The van der Waals surface area contributed by atoms with Crippen LogP contribution in [0.25, 0.3) is 0 Å². The number of benzene rings is 1. The second-order valence-corrected chi connectivity index (χ2v) is 7.53. The third kappa shape index (κ3) is 4.90. The minimum atomic E-state index is 0.103. The van der Waals surface area contributed by atoms with Gasteiger partial charge in [0.05, 0.1) is 0 Å². The van der Waals surface area contributed by atoms with E-state index in [4.69, 9.17) is 0 Å². The molecule has 1 aromatic carbocycles. The molecule has 1 aromatic rings. The SMILES string of the molecule is CNCC(C)(C)NCC(C)(C)c1cc(Br)ccc1C. The fourth-order valence-electron chi connectivity index (χ4n) is 2.38. The van der Waals surface area contributed by atoms with Gasteiger partial charge in [0.25, 0.3) is 0 Å². The molecule has 2 N–H and O–H groups in total. The van der Waals surface area contributed by atoms with Gasteiger partial charge < -0.3 is 10.6 Å². The van der Waals surface area contributed by atoms with Crippen LogP contribution in [0.4, 0.5) is 0 Å². The highest BCUT2D eigenvalue weighted by molar-refractivity contribution is 9.10. The van der Waals surface area contributed by atoms with Crippen LogP contribution >= 0.6 is 15.9 Å². The average molecular weight is 327 g/mol. The highest BCUT2D eigenvalue weighted by Crippen LogP contribution is 2.28. The molecule has 2 nitrogen and oxygen atoms in total. The molecular weight excluding hydrogens is 300 g/mol. The zero-order valence-corrected chi connectivity index (χ0v) is 14.6. The lowest BCUT2D eigenvalue weighted by Crippen LogP contribution is -2.50. The number of aryl methyl sites for hydroxylation is 1. The van der Waals surface area contributed by atoms with E-state index in [2.05, 4.69) is 79.4 Å². The monoisotopic (exact) mass is 326 g/mol. The Morgan fingerprint density at radius 1 is 1.11 bits per heavy atom. The fraction of sp³-hybridized carbons (Fsp3) is 0.625. The van der Waals surface area contributed by atoms with Crippen molar-refractivity contribution < 1.29 is 0 Å². The Labute approximate surface area is 126 Å². The van der Waals surface area contributed by atoms with Gasteiger partial charge in [-0.3, -0.25) is 0 Å². The van der Waals surface area contributed by atoms with Crippen LogP contribution in [0.3, 0.4) is 0 Å². The molecule has 0 unspecified atom stereocenters. The summed E-state index contributed by atoms with van der Waals surface area (Å²) >= 11 is 3.57. The summed E-state index contributed by atoms with van der Waals surface area (Å²) in [5, 5.41) is 6.90. The first-order valence-corrected chi connectivity index (χ1v) is 7.63. The lowest BCUT2D eigenvalue weighted by molar-refractivity contribution is 0.332. The van der Waals surface area contributed by atoms with Gasteiger partial charge >= 0.3 is 0 Å². The molecule has 0 atom stereocenters. The summed E-state index contributed by atoms with van der Waals surface area (Å²) < 4.78 is 1.15. The van der Waals surface area contributed by atoms with E-state index in [1.165, 1.54) is 11.1 Å². The molecule has 0 aromatic heterocycles. The van der Waals surface area contributed by atoms with Crippen molar-refractivity contribution in [3.05, 3.63) is 33.8 Å². The first-order valence-electron chi connectivity index (χ1n) is 6.84. The lowest BCUT2D eigenvalue weighted by atomic mass is 9.81. The third-order valence-electron chi connectivity index (χ3n) is 3.56. The molecule has 0 aliphatic heterocycles. The molecule has 19 heavy (non-hydrogen) atoms. The molecule has 1 rings (SSSR count). The Kier molecular flexibility index (Phi) is 5.60. The van der Waals surface area contributed by atoms with Crippen LogP contribution in [-0.2, 0) is 5.41 Å². The van der Waals surface area contributed by atoms with Crippen molar-refractivity contribution in [3.8, 4) is 0 Å². The normalized spacial score (nSPS) is 12.8. The van der Waals surface area contributed by atoms with Gasteiger partial charge in [0.15, 0.2) is 0 Å². The molecule has 108 valence electrons. The molecule has 0 spiro atoms. The van der Waals surface area contributed by atoms with Gasteiger partial charge in [-0.2, -0.15) is 0 Å². The predicted molar refractivity (Wildman–Crippen MR) is 87.9 cm³/mol. The van der Waals surface area contributed by atoms with Gasteiger partial charge in [-0.05, 0) is 51.1 Å². The Hall–Kier alpha value is -0.380. The van der Waals surface area contributed by atoms with E-state index in [1.54, 1.807) is 0 Å². The van der Waals surface area contributed by atoms with E-state index in [0.29, 0.717) is 0 Å². The van der Waals surface area contributed by atoms with Gasteiger partial charge in [-0.15, -0.1) is 0 Å². The molecule has 0 radical (unpaired) electrons. The fourth-order valence-corrected chi connectivity index (χ4v) is 2.74. The zero-order valence-electron chi connectivity index (χ0n) is 13.0. The van der Waals surface area contributed by atoms with Crippen LogP contribution in [-0.4, -0.2) is 25.7 Å². The molecule has 0 aliphatic rings. The summed E-state index contributed by atoms with van der Waals surface area (Å²) in [7, 11) is 1.99. The number of hydrogen-bond acceptors (Lipinski definition) is 2. The first kappa shape index (κ1) is 16.7. The summed E-state index contributed by atoms with van der Waals surface area (Å²) in [6.45, 7) is 13.1. The van der Waals surface area contributed by atoms with Crippen molar-refractivity contribution in [1.82, 2.24) is 10.6 Å². The zero-order chi connectivity index (χ0) is 14.7. The van der Waals surface area contributed by atoms with E-state index < -0.39 is 0 Å². The number of nitrogens with one attached hydrogen (secondary N) is 2. The van der Waals surface area contributed by atoms with Crippen molar-refractivity contribution in [2.45, 2.75) is 45.6 Å². The highest BCUT2D eigenvalue weighted by atomic mass is 79.9. The summed E-state index contributed by atoms with van der Waals surface area (Å²) in [5.41, 5.74) is 2.96. The second-order valence-electron chi connectivity index (χ2n) is 6.61. The maximum absolute atomic E-state index is 3.67. The van der Waals surface area contributed by atoms with Crippen molar-refractivity contribution in [2.75, 3.05) is 20.1 Å². The van der Waals surface area contributed by atoms with E-state index in [1.807, 2.05) is 7.05 Å². The minimum Gasteiger partial charge on any atom is -0.318 e. The average Bonchev–Trinajstić information content (AvgIpc) is 2.30. The summed E-state index contributed by atoms with van der Waals surface area (Å²) in [6.07, 6.45) is 0. The van der Waals surface area contributed by atoms with Gasteiger partial charge in [0.2, 0.25) is 0 Å². The molecule has 0 heterocycles. The maximum atomic E-state index is 3.67. The minimum absolute atomic E-state index is 0.103. The number of rotatable bonds is 6. The van der Waals surface area contributed by atoms with Crippen LogP contribution in [0.1, 0.15) is 38.8 Å². The molecule has 0 amide bonds. The van der Waals surface area contributed by atoms with E-state index >= 15 is 0 Å². The van der Waals surface area contributed by atoms with E-state index in [0.717, 1.165) is 17.6 Å². The summed E-state index contributed by atoms with van der Waals surface area (Å²) in [5.74, 6) is 0. The van der Waals surface area contributed by atoms with Crippen LogP contribution in [0.15, 0.2) is 22.7 Å². The Morgan fingerprint density at radius 3 is 2.32 bits per heavy atom. The predicted octanol–water partition coefficient (Wildman–Crippen LogP) is 3.62. The third-order valence-corrected chi connectivity index (χ3v) is 4.05. The Bertz CT molecular complexity index is 425. The van der Waals surface area contributed by atoms with Crippen LogP contribution < -0.4 is 10.6 Å². The molecule has 0 aliphatic carbocycles. The van der Waals surface area contributed by atoms with E-state index in [9.17, 15) is 0 Å². The van der Waals surface area contributed by atoms with Crippen molar-refractivity contribution in [2.24, 2.45) is 0 Å². The summed E-state index contributed by atoms with van der Waals surface area (Å²) in [4.78, 5) is 0.